The van der Waals surface area contributed by atoms with Crippen molar-refractivity contribution in [2.24, 2.45) is 4.99 Å². The van der Waals surface area contributed by atoms with Gasteiger partial charge >= 0.3 is 0 Å². The molecule has 3 rings (SSSR count). The topological polar surface area (TPSA) is 169 Å². The number of anilines is 3. The number of fused-ring (bicyclic) bond motifs is 1. The summed E-state index contributed by atoms with van der Waals surface area (Å²) in [5, 5.41) is 33.2. The molecule has 2 heterocycles. The van der Waals surface area contributed by atoms with Crippen LogP contribution in [0, 0.1) is 22.8 Å². The predicted octanol–water partition coefficient (Wildman–Crippen LogP) is 1.53. The molecule has 1 aliphatic heterocycles. The zero-order valence-corrected chi connectivity index (χ0v) is 14.2. The molecule has 7 N–H and O–H groups in total. The van der Waals surface area contributed by atoms with Gasteiger partial charge in [-0.3, -0.25) is 5.32 Å². The molecule has 0 saturated heterocycles. The Hall–Kier alpha value is -3.50. The van der Waals surface area contributed by atoms with Crippen LogP contribution in [-0.2, 0) is 0 Å². The molecule has 1 aromatic carbocycles. The van der Waals surface area contributed by atoms with E-state index in [0.717, 1.165) is 0 Å². The average molecular weight is 399 g/mol. The van der Waals surface area contributed by atoms with E-state index in [2.05, 4.69) is 36.5 Å². The highest BCUT2D eigenvalue weighted by Gasteiger charge is 2.30. The highest BCUT2D eigenvalue weighted by molar-refractivity contribution is 9.10. The Labute approximate surface area is 150 Å². The van der Waals surface area contributed by atoms with Gasteiger partial charge in [-0.15, -0.1) is 0 Å². The Morgan fingerprint density at radius 1 is 1.32 bits per heavy atom. The van der Waals surface area contributed by atoms with Gasteiger partial charge in [-0.05, 0) is 23.8 Å². The molecule has 9 nitrogen and oxygen atoms in total. The molecule has 0 saturated carbocycles. The van der Waals surface area contributed by atoms with E-state index in [4.69, 9.17) is 16.7 Å². The van der Waals surface area contributed by atoms with Crippen LogP contribution in [0.15, 0.2) is 27.7 Å². The number of nitrogen functional groups attached to an aromatic ring is 2. The lowest BCUT2D eigenvalue weighted by molar-refractivity contribution is 0.474. The number of nitrogens with two attached hydrogens (primary N) is 2. The van der Waals surface area contributed by atoms with Crippen molar-refractivity contribution in [3.8, 4) is 18.0 Å². The van der Waals surface area contributed by atoms with Gasteiger partial charge < -0.3 is 21.9 Å². The van der Waals surface area contributed by atoms with E-state index in [9.17, 15) is 10.4 Å². The van der Waals surface area contributed by atoms with E-state index in [1.54, 1.807) is 12.3 Å². The van der Waals surface area contributed by atoms with Crippen LogP contribution < -0.4 is 22.1 Å². The van der Waals surface area contributed by atoms with Gasteiger partial charge in [0.25, 0.3) is 0 Å². The van der Waals surface area contributed by atoms with Crippen molar-refractivity contribution in [1.29, 1.82) is 10.5 Å². The number of nitrogens with one attached hydrogen (secondary N) is 2. The number of phenolic OH excluding ortho intramolecular Hbond substituents is 1. The Bertz CT molecular complexity index is 988. The second-order valence-corrected chi connectivity index (χ2v) is 5.96. The first-order chi connectivity index (χ1) is 12.0. The number of halogens is 1. The van der Waals surface area contributed by atoms with Gasteiger partial charge in [0.15, 0.2) is 6.19 Å². The van der Waals surface area contributed by atoms with Crippen LogP contribution in [0.2, 0.25) is 0 Å². The number of benzene rings is 1. The van der Waals surface area contributed by atoms with Crippen LogP contribution in [0.5, 0.6) is 5.75 Å². The largest absolute Gasteiger partial charge is 0.508 e. The van der Waals surface area contributed by atoms with Gasteiger partial charge in [-0.2, -0.15) is 10.5 Å². The first kappa shape index (κ1) is 16.4. The minimum absolute atomic E-state index is 0.0295. The third-order valence-corrected chi connectivity index (χ3v) is 4.35. The van der Waals surface area contributed by atoms with Gasteiger partial charge in [0.05, 0.1) is 5.69 Å². The Morgan fingerprint density at radius 2 is 2.08 bits per heavy atom. The lowest BCUT2D eigenvalue weighted by Crippen LogP contribution is -2.32. The zero-order chi connectivity index (χ0) is 18.1. The predicted molar refractivity (Wildman–Crippen MR) is 95.2 cm³/mol. The van der Waals surface area contributed by atoms with E-state index in [1.165, 1.54) is 12.1 Å². The van der Waals surface area contributed by atoms with E-state index in [1.807, 2.05) is 6.07 Å². The number of aromatic nitrogens is 1. The van der Waals surface area contributed by atoms with Crippen molar-refractivity contribution < 1.29 is 5.11 Å². The monoisotopic (exact) mass is 398 g/mol. The number of nitriles is 2. The number of aliphatic imine (C=N–C) groups is 1. The van der Waals surface area contributed by atoms with Crippen LogP contribution in [0.3, 0.4) is 0 Å². The Morgan fingerprint density at radius 3 is 2.76 bits per heavy atom. The first-order valence-electron chi connectivity index (χ1n) is 6.93. The summed E-state index contributed by atoms with van der Waals surface area (Å²) in [6.07, 6.45) is 1.77. The summed E-state index contributed by atoms with van der Waals surface area (Å²) >= 11 is 3.41. The normalized spacial score (nSPS) is 15.2. The summed E-state index contributed by atoms with van der Waals surface area (Å²) in [6, 6.07) is 5.90. The average Bonchev–Trinajstić information content (AvgIpc) is 2.57. The number of nitrogens with zero attached hydrogens (tertiary/aromatic N) is 4. The number of hydrogen-bond acceptors (Lipinski definition) is 9. The highest BCUT2D eigenvalue weighted by atomic mass is 79.9. The summed E-state index contributed by atoms with van der Waals surface area (Å²) in [5.74, 6) is 0.428. The number of aromatic hydroxyl groups is 1. The van der Waals surface area contributed by atoms with Crippen LogP contribution in [0.25, 0.3) is 0 Å². The maximum absolute atomic E-state index is 9.83. The summed E-state index contributed by atoms with van der Waals surface area (Å²) < 4.78 is 0.665. The fraction of sp³-hybridized carbons (Fsp3) is 0.0667. The quantitative estimate of drug-likeness (QED) is 0.355. The standard InChI is InChI=1S/C15H11BrN8O/c16-9-2-1-6(25)3-7(9)12-10-11(19)8(4-17)13(20)23-14(10)24-15(22-12)21-5-18/h1-3,12,25H,(H6,19,20,21,22,23,24). The molecule has 0 amide bonds. The molecule has 1 aliphatic rings. The maximum atomic E-state index is 9.83. The number of rotatable bonds is 1. The van der Waals surface area contributed by atoms with Gasteiger partial charge in [-0.25, -0.2) is 9.98 Å². The molecule has 0 radical (unpaired) electrons. The van der Waals surface area contributed by atoms with Crippen LogP contribution in [0.4, 0.5) is 17.3 Å². The SMILES string of the molecule is N#CNC1=NC(c2cc(O)ccc2Br)c2c(nc(N)c(C#N)c2N)N1. The lowest BCUT2D eigenvalue weighted by atomic mass is 9.95. The van der Waals surface area contributed by atoms with E-state index >= 15 is 0 Å². The maximum Gasteiger partial charge on any atom is 0.211 e. The van der Waals surface area contributed by atoms with Crippen molar-refractivity contribution >= 4 is 39.2 Å². The third-order valence-electron chi connectivity index (χ3n) is 3.63. The Kier molecular flexibility index (Phi) is 4.05. The fourth-order valence-electron chi connectivity index (χ4n) is 2.55. The smallest absolute Gasteiger partial charge is 0.211 e. The van der Waals surface area contributed by atoms with Crippen molar-refractivity contribution in [2.75, 3.05) is 16.8 Å². The molecular weight excluding hydrogens is 388 g/mol. The second kappa shape index (κ2) is 6.19. The van der Waals surface area contributed by atoms with Crippen molar-refractivity contribution in [1.82, 2.24) is 10.3 Å². The zero-order valence-electron chi connectivity index (χ0n) is 12.6. The Balaban J connectivity index is 2.30. The molecule has 1 unspecified atom stereocenters. The number of pyridine rings is 1. The van der Waals surface area contributed by atoms with Crippen LogP contribution in [-0.4, -0.2) is 16.1 Å². The highest BCUT2D eigenvalue weighted by Crippen LogP contribution is 2.43. The first-order valence-corrected chi connectivity index (χ1v) is 7.72. The van der Waals surface area contributed by atoms with Gasteiger partial charge in [-0.1, -0.05) is 15.9 Å². The van der Waals surface area contributed by atoms with E-state index in [-0.39, 0.29) is 34.6 Å². The van der Waals surface area contributed by atoms with Crippen molar-refractivity contribution in [3.63, 3.8) is 0 Å². The summed E-state index contributed by atoms with van der Waals surface area (Å²) in [5.41, 5.74) is 13.1. The van der Waals surface area contributed by atoms with Gasteiger partial charge in [0.1, 0.15) is 35.1 Å². The van der Waals surface area contributed by atoms with Gasteiger partial charge in [0, 0.05) is 10.0 Å². The number of hydrogen-bond donors (Lipinski definition) is 5. The molecule has 0 bridgehead atoms. The summed E-state index contributed by atoms with van der Waals surface area (Å²) in [4.78, 5) is 8.57. The van der Waals surface area contributed by atoms with Crippen LogP contribution >= 0.6 is 15.9 Å². The minimum atomic E-state index is -0.714. The molecule has 25 heavy (non-hydrogen) atoms. The molecule has 0 aliphatic carbocycles. The fourth-order valence-corrected chi connectivity index (χ4v) is 3.01. The molecule has 2 aromatic rings. The van der Waals surface area contributed by atoms with Crippen molar-refractivity contribution in [3.05, 3.63) is 39.4 Å². The second-order valence-electron chi connectivity index (χ2n) is 5.11. The van der Waals surface area contributed by atoms with Crippen LogP contribution in [0.1, 0.15) is 22.7 Å². The molecule has 1 atom stereocenters. The number of phenols is 1. The lowest BCUT2D eigenvalue weighted by Gasteiger charge is -2.26. The molecule has 124 valence electrons. The van der Waals surface area contributed by atoms with Crippen molar-refractivity contribution in [2.45, 2.75) is 6.04 Å². The third kappa shape index (κ3) is 2.75. The molecule has 1 aromatic heterocycles. The van der Waals surface area contributed by atoms with E-state index < -0.39 is 6.04 Å². The minimum Gasteiger partial charge on any atom is -0.508 e. The van der Waals surface area contributed by atoms with Gasteiger partial charge in [0.2, 0.25) is 5.96 Å². The molecule has 0 fully saturated rings. The molecule has 0 spiro atoms. The molecular formula is C15H11BrN8O. The summed E-state index contributed by atoms with van der Waals surface area (Å²) in [7, 11) is 0. The number of guanidine groups is 1. The summed E-state index contributed by atoms with van der Waals surface area (Å²) in [6.45, 7) is 0. The molecule has 10 heteroatoms. The van der Waals surface area contributed by atoms with E-state index in [0.29, 0.717) is 15.6 Å².